The zero-order valence-corrected chi connectivity index (χ0v) is 11.2. The molecule has 0 radical (unpaired) electrons. The smallest absolute Gasteiger partial charge is 0.237 e. The van der Waals surface area contributed by atoms with Gasteiger partial charge in [-0.1, -0.05) is 6.07 Å². The normalized spacial score (nSPS) is 12.1. The van der Waals surface area contributed by atoms with Crippen LogP contribution in [0.5, 0.6) is 0 Å². The Hall–Kier alpha value is -1.60. The maximum Gasteiger partial charge on any atom is 0.237 e. The van der Waals surface area contributed by atoms with E-state index in [0.29, 0.717) is 10.3 Å². The molecule has 1 unspecified atom stereocenters. The largest absolute Gasteiger partial charge is 0.323 e. The maximum atomic E-state index is 13.3. The molecule has 2 aromatic rings. The lowest BCUT2D eigenvalue weighted by atomic mass is 10.3. The Kier molecular flexibility index (Phi) is 4.39. The van der Waals surface area contributed by atoms with Gasteiger partial charge >= 0.3 is 0 Å². The number of halogens is 2. The van der Waals surface area contributed by atoms with Crippen molar-refractivity contribution in [3.8, 4) is 0 Å². The van der Waals surface area contributed by atoms with Gasteiger partial charge in [0.2, 0.25) is 5.91 Å². The molecule has 1 amide bonds. The summed E-state index contributed by atoms with van der Waals surface area (Å²) in [4.78, 5) is 11.6. The SMILES string of the molecule is O=C(CS(=O)c1cccs1)Nc1ccc(F)cc1F. The average Bonchev–Trinajstić information content (AvgIpc) is 2.86. The summed E-state index contributed by atoms with van der Waals surface area (Å²) in [5, 5.41) is 4.02. The van der Waals surface area contributed by atoms with Gasteiger partial charge in [0.1, 0.15) is 17.4 Å². The molecule has 3 nitrogen and oxygen atoms in total. The summed E-state index contributed by atoms with van der Waals surface area (Å²) in [5.41, 5.74) is -0.130. The van der Waals surface area contributed by atoms with Gasteiger partial charge in [-0.05, 0) is 23.6 Å². The van der Waals surface area contributed by atoms with Crippen LogP contribution < -0.4 is 5.32 Å². The number of thiophene rings is 1. The Labute approximate surface area is 114 Å². The Morgan fingerprint density at radius 1 is 1.32 bits per heavy atom. The van der Waals surface area contributed by atoms with Crippen molar-refractivity contribution in [2.45, 2.75) is 4.21 Å². The van der Waals surface area contributed by atoms with E-state index in [1.807, 2.05) is 0 Å². The van der Waals surface area contributed by atoms with Crippen LogP contribution in [0, 0.1) is 11.6 Å². The third-order valence-electron chi connectivity index (χ3n) is 2.19. The van der Waals surface area contributed by atoms with Crippen molar-refractivity contribution < 1.29 is 17.8 Å². The summed E-state index contributed by atoms with van der Waals surface area (Å²) < 4.78 is 38.3. The van der Waals surface area contributed by atoms with Crippen molar-refractivity contribution in [3.63, 3.8) is 0 Å². The van der Waals surface area contributed by atoms with Gasteiger partial charge in [-0.25, -0.2) is 8.78 Å². The minimum atomic E-state index is -1.46. The summed E-state index contributed by atoms with van der Waals surface area (Å²) in [6.45, 7) is 0. The number of carbonyl (C=O) groups excluding carboxylic acids is 1. The number of carbonyl (C=O) groups is 1. The van der Waals surface area contributed by atoms with E-state index in [2.05, 4.69) is 5.32 Å². The first-order valence-electron chi connectivity index (χ1n) is 5.23. The zero-order valence-electron chi connectivity index (χ0n) is 9.56. The summed E-state index contributed by atoms with van der Waals surface area (Å²) >= 11 is 1.28. The van der Waals surface area contributed by atoms with Crippen molar-refractivity contribution in [2.24, 2.45) is 0 Å². The highest BCUT2D eigenvalue weighted by atomic mass is 32.2. The number of amides is 1. The molecule has 0 saturated heterocycles. The van der Waals surface area contributed by atoms with Crippen LogP contribution in [0.1, 0.15) is 0 Å². The fourth-order valence-electron chi connectivity index (χ4n) is 1.36. The molecule has 100 valence electrons. The Morgan fingerprint density at radius 3 is 2.74 bits per heavy atom. The van der Waals surface area contributed by atoms with Crippen LogP contribution in [0.3, 0.4) is 0 Å². The van der Waals surface area contributed by atoms with Crippen LogP contribution in [0.4, 0.5) is 14.5 Å². The summed E-state index contributed by atoms with van der Waals surface area (Å²) in [5.74, 6) is -2.44. The quantitative estimate of drug-likeness (QED) is 0.944. The number of hydrogen-bond donors (Lipinski definition) is 1. The van der Waals surface area contributed by atoms with Crippen molar-refractivity contribution in [2.75, 3.05) is 11.1 Å². The molecule has 1 atom stereocenters. The van der Waals surface area contributed by atoms with Crippen molar-refractivity contribution in [1.29, 1.82) is 0 Å². The molecule has 0 fully saturated rings. The fraction of sp³-hybridized carbons (Fsp3) is 0.0833. The lowest BCUT2D eigenvalue weighted by Crippen LogP contribution is -2.19. The fourth-order valence-corrected chi connectivity index (χ4v) is 3.26. The zero-order chi connectivity index (χ0) is 13.8. The lowest BCUT2D eigenvalue weighted by Gasteiger charge is -2.05. The van der Waals surface area contributed by atoms with E-state index in [1.165, 1.54) is 11.3 Å². The molecule has 2 rings (SSSR count). The van der Waals surface area contributed by atoms with E-state index >= 15 is 0 Å². The van der Waals surface area contributed by atoms with Crippen molar-refractivity contribution in [3.05, 3.63) is 47.3 Å². The van der Waals surface area contributed by atoms with Crippen LogP contribution in [-0.4, -0.2) is 15.9 Å². The predicted octanol–water partition coefficient (Wildman–Crippen LogP) is 2.77. The minimum absolute atomic E-state index is 0.130. The molecule has 0 aliphatic heterocycles. The molecular weight excluding hydrogens is 292 g/mol. The average molecular weight is 301 g/mol. The molecule has 0 saturated carbocycles. The first kappa shape index (κ1) is 13.8. The van der Waals surface area contributed by atoms with Crippen molar-refractivity contribution >= 4 is 33.7 Å². The molecule has 0 bridgehead atoms. The first-order chi connectivity index (χ1) is 9.06. The molecular formula is C12H9F2NO2S2. The maximum absolute atomic E-state index is 13.3. The van der Waals surface area contributed by atoms with Gasteiger partial charge in [-0.2, -0.15) is 0 Å². The van der Waals surface area contributed by atoms with E-state index in [9.17, 15) is 17.8 Å². The lowest BCUT2D eigenvalue weighted by molar-refractivity contribution is -0.113. The van der Waals surface area contributed by atoms with Gasteiger partial charge in [0.05, 0.1) is 20.7 Å². The Balaban J connectivity index is 2.00. The van der Waals surface area contributed by atoms with E-state index in [0.717, 1.165) is 12.1 Å². The second-order valence-corrected chi connectivity index (χ2v) is 6.22. The number of hydrogen-bond acceptors (Lipinski definition) is 3. The van der Waals surface area contributed by atoms with Gasteiger partial charge in [-0.15, -0.1) is 11.3 Å². The second-order valence-electron chi connectivity index (χ2n) is 3.59. The van der Waals surface area contributed by atoms with Crippen LogP contribution in [0.15, 0.2) is 39.9 Å². The Bertz CT molecular complexity index is 614. The molecule has 0 spiro atoms. The van der Waals surface area contributed by atoms with E-state index in [4.69, 9.17) is 0 Å². The first-order valence-corrected chi connectivity index (χ1v) is 7.43. The molecule has 1 aromatic carbocycles. The number of anilines is 1. The molecule has 0 aliphatic rings. The molecule has 19 heavy (non-hydrogen) atoms. The molecule has 0 aliphatic carbocycles. The molecule has 1 N–H and O–H groups in total. The van der Waals surface area contributed by atoms with Gasteiger partial charge in [-0.3, -0.25) is 9.00 Å². The number of benzene rings is 1. The van der Waals surface area contributed by atoms with Crippen LogP contribution in [-0.2, 0) is 15.6 Å². The van der Waals surface area contributed by atoms with E-state index < -0.39 is 28.3 Å². The number of nitrogens with one attached hydrogen (secondary N) is 1. The van der Waals surface area contributed by atoms with Crippen LogP contribution in [0.2, 0.25) is 0 Å². The summed E-state index contributed by atoms with van der Waals surface area (Å²) in [6, 6.07) is 6.22. The molecule has 1 heterocycles. The van der Waals surface area contributed by atoms with Gasteiger partial charge in [0.25, 0.3) is 0 Å². The summed E-state index contributed by atoms with van der Waals surface area (Å²) in [6.07, 6.45) is 0. The monoisotopic (exact) mass is 301 g/mol. The molecule has 7 heteroatoms. The number of rotatable bonds is 4. The Morgan fingerprint density at radius 2 is 2.11 bits per heavy atom. The minimum Gasteiger partial charge on any atom is -0.323 e. The van der Waals surface area contributed by atoms with Gasteiger partial charge < -0.3 is 5.32 Å². The highest BCUT2D eigenvalue weighted by molar-refractivity contribution is 7.88. The second kappa shape index (κ2) is 6.03. The third kappa shape index (κ3) is 3.68. The van der Waals surface area contributed by atoms with Gasteiger partial charge in [0.15, 0.2) is 0 Å². The standard InChI is InChI=1S/C12H9F2NO2S2/c13-8-3-4-10(9(14)6-8)15-11(16)7-19(17)12-2-1-5-18-12/h1-6H,7H2,(H,15,16). The third-order valence-corrected chi connectivity index (χ3v) is 4.80. The van der Waals surface area contributed by atoms with Gasteiger partial charge in [0, 0.05) is 6.07 Å². The molecule has 1 aromatic heterocycles. The highest BCUT2D eigenvalue weighted by Gasteiger charge is 2.13. The van der Waals surface area contributed by atoms with Crippen LogP contribution >= 0.6 is 11.3 Å². The predicted molar refractivity (Wildman–Crippen MR) is 70.6 cm³/mol. The summed E-state index contributed by atoms with van der Waals surface area (Å²) in [7, 11) is -1.46. The van der Waals surface area contributed by atoms with E-state index in [-0.39, 0.29) is 11.4 Å². The van der Waals surface area contributed by atoms with Crippen LogP contribution in [0.25, 0.3) is 0 Å². The highest BCUT2D eigenvalue weighted by Crippen LogP contribution is 2.16. The van der Waals surface area contributed by atoms with Crippen molar-refractivity contribution in [1.82, 2.24) is 0 Å². The van der Waals surface area contributed by atoms with E-state index in [1.54, 1.807) is 17.5 Å². The topological polar surface area (TPSA) is 46.2 Å².